The Balaban J connectivity index is 1.83. The normalized spacial score (nSPS) is 22.9. The first-order chi connectivity index (χ1) is 12.2. The van der Waals surface area contributed by atoms with E-state index in [1.165, 1.54) is 30.5 Å². The Labute approximate surface area is 160 Å². The zero-order chi connectivity index (χ0) is 19.1. The number of benzene rings is 1. The van der Waals surface area contributed by atoms with Crippen molar-refractivity contribution in [3.8, 4) is 0 Å². The summed E-state index contributed by atoms with van der Waals surface area (Å²) in [5.74, 6) is -1.10. The van der Waals surface area contributed by atoms with Crippen LogP contribution in [0.4, 0.5) is 10.1 Å². The molecular formula is C16H17ClFN3O3S2. The van der Waals surface area contributed by atoms with Gasteiger partial charge in [0, 0.05) is 22.5 Å². The highest BCUT2D eigenvalue weighted by Crippen LogP contribution is 2.32. The molecule has 2 aromatic rings. The van der Waals surface area contributed by atoms with Crippen molar-refractivity contribution in [1.82, 2.24) is 9.03 Å². The third-order valence-corrected chi connectivity index (χ3v) is 7.16. The van der Waals surface area contributed by atoms with E-state index >= 15 is 0 Å². The van der Waals surface area contributed by atoms with Crippen LogP contribution >= 0.6 is 22.9 Å². The second-order valence-electron chi connectivity index (χ2n) is 6.01. The lowest BCUT2D eigenvalue weighted by Crippen LogP contribution is -2.55. The summed E-state index contributed by atoms with van der Waals surface area (Å²) in [6.45, 7) is 1.93. The summed E-state index contributed by atoms with van der Waals surface area (Å²) in [5.41, 5.74) is 0.300. The summed E-state index contributed by atoms with van der Waals surface area (Å²) in [7, 11) is -2.46. The molecule has 1 saturated heterocycles. The Bertz CT molecular complexity index is 948. The number of hydrogen-bond acceptors (Lipinski definition) is 4. The van der Waals surface area contributed by atoms with Crippen LogP contribution in [0, 0.1) is 12.7 Å². The molecule has 6 nitrogen and oxygen atoms in total. The van der Waals surface area contributed by atoms with Crippen LogP contribution in [0.15, 0.2) is 30.3 Å². The van der Waals surface area contributed by atoms with Crippen molar-refractivity contribution in [2.24, 2.45) is 0 Å². The maximum Gasteiger partial charge on any atom is 0.280 e. The van der Waals surface area contributed by atoms with E-state index in [0.29, 0.717) is 5.69 Å². The Morgan fingerprint density at radius 3 is 2.73 bits per heavy atom. The largest absolute Gasteiger partial charge is 0.325 e. The van der Waals surface area contributed by atoms with Crippen molar-refractivity contribution in [2.45, 2.75) is 25.4 Å². The second-order valence-corrected chi connectivity index (χ2v) is 9.50. The highest BCUT2D eigenvalue weighted by Gasteiger charge is 2.41. The molecule has 1 amide bonds. The van der Waals surface area contributed by atoms with Crippen LogP contribution in [-0.4, -0.2) is 31.7 Å². The number of rotatable bonds is 3. The lowest BCUT2D eigenvalue weighted by atomic mass is 10.1. The molecule has 2 heterocycles. The lowest BCUT2D eigenvalue weighted by molar-refractivity contribution is -0.120. The molecule has 1 aromatic heterocycles. The van der Waals surface area contributed by atoms with Gasteiger partial charge in [-0.15, -0.1) is 11.3 Å². The third-order valence-electron chi connectivity index (χ3n) is 4.16. The second kappa shape index (κ2) is 7.24. The lowest BCUT2D eigenvalue weighted by Gasteiger charge is -2.35. The fraction of sp³-hybridized carbons (Fsp3) is 0.312. The van der Waals surface area contributed by atoms with Crippen molar-refractivity contribution in [1.29, 1.82) is 0 Å². The predicted molar refractivity (Wildman–Crippen MR) is 100 cm³/mol. The molecular weight excluding hydrogens is 401 g/mol. The predicted octanol–water partition coefficient (Wildman–Crippen LogP) is 3.07. The van der Waals surface area contributed by atoms with Gasteiger partial charge in [0.15, 0.2) is 0 Å². The first-order valence-electron chi connectivity index (χ1n) is 7.75. The van der Waals surface area contributed by atoms with Gasteiger partial charge in [-0.05, 0) is 43.7 Å². The number of carbonyl (C=O) groups is 1. The smallest absolute Gasteiger partial charge is 0.280 e. The highest BCUT2D eigenvalue weighted by atomic mass is 35.5. The van der Waals surface area contributed by atoms with Gasteiger partial charge in [-0.2, -0.15) is 17.4 Å². The molecule has 0 aliphatic carbocycles. The standard InChI is InChI=1S/C16H17ClFN3O3S2/c1-9-3-6-15(25-9)13-8-14(21(2)26(23,24)20-13)16(22)19-10-4-5-12(18)11(17)7-10/h3-7,13-14,20H,8H2,1-2H3,(H,19,22)/t13-,14+/m1/s1. The van der Waals surface area contributed by atoms with Crippen LogP contribution in [-0.2, 0) is 15.0 Å². The summed E-state index contributed by atoms with van der Waals surface area (Å²) in [4.78, 5) is 14.6. The minimum absolute atomic E-state index is 0.124. The van der Waals surface area contributed by atoms with Gasteiger partial charge in [0.1, 0.15) is 11.9 Å². The Hall–Kier alpha value is -1.52. The van der Waals surface area contributed by atoms with Gasteiger partial charge in [-0.25, -0.2) is 4.39 Å². The summed E-state index contributed by atoms with van der Waals surface area (Å²) < 4.78 is 41.7. The molecule has 140 valence electrons. The SMILES string of the molecule is Cc1ccc([C@H]2C[C@@H](C(=O)Nc3ccc(F)c(Cl)c3)N(C)S(=O)(=O)N2)s1. The number of nitrogens with one attached hydrogen (secondary N) is 2. The first kappa shape index (κ1) is 19.2. The molecule has 26 heavy (non-hydrogen) atoms. The number of amides is 1. The van der Waals surface area contributed by atoms with Gasteiger partial charge in [0.25, 0.3) is 10.2 Å². The van der Waals surface area contributed by atoms with E-state index in [9.17, 15) is 17.6 Å². The Morgan fingerprint density at radius 1 is 1.38 bits per heavy atom. The van der Waals surface area contributed by atoms with Gasteiger partial charge in [0.05, 0.1) is 11.1 Å². The maximum atomic E-state index is 13.3. The van der Waals surface area contributed by atoms with E-state index in [1.54, 1.807) is 0 Å². The summed E-state index contributed by atoms with van der Waals surface area (Å²) >= 11 is 7.20. The molecule has 1 aromatic carbocycles. The minimum Gasteiger partial charge on any atom is -0.325 e. The van der Waals surface area contributed by atoms with Crippen LogP contribution in [0.25, 0.3) is 0 Å². The van der Waals surface area contributed by atoms with E-state index in [2.05, 4.69) is 10.0 Å². The van der Waals surface area contributed by atoms with E-state index < -0.39 is 34.0 Å². The average molecular weight is 418 g/mol. The van der Waals surface area contributed by atoms with Crippen LogP contribution in [0.5, 0.6) is 0 Å². The monoisotopic (exact) mass is 417 g/mol. The van der Waals surface area contributed by atoms with Crippen molar-refractivity contribution in [3.63, 3.8) is 0 Å². The van der Waals surface area contributed by atoms with Crippen molar-refractivity contribution >= 4 is 44.7 Å². The molecule has 3 rings (SSSR count). The number of likely N-dealkylation sites (N-methyl/N-ethyl adjacent to an activating group) is 1. The van der Waals surface area contributed by atoms with Gasteiger partial charge in [0.2, 0.25) is 5.91 Å². The molecule has 0 spiro atoms. The summed E-state index contributed by atoms with van der Waals surface area (Å²) in [6.07, 6.45) is 0.274. The number of aryl methyl sites for hydroxylation is 1. The molecule has 0 unspecified atom stereocenters. The fourth-order valence-corrected chi connectivity index (χ4v) is 5.20. The summed E-state index contributed by atoms with van der Waals surface area (Å²) in [6, 6.07) is 6.16. The number of thiophene rings is 1. The Morgan fingerprint density at radius 2 is 2.12 bits per heavy atom. The molecule has 2 atom stereocenters. The average Bonchev–Trinajstić information content (AvgIpc) is 2.99. The number of halogens is 2. The van der Waals surface area contributed by atoms with E-state index in [0.717, 1.165) is 20.1 Å². The van der Waals surface area contributed by atoms with Crippen molar-refractivity contribution in [3.05, 3.63) is 50.9 Å². The van der Waals surface area contributed by atoms with Gasteiger partial charge in [-0.3, -0.25) is 4.79 Å². The summed E-state index contributed by atoms with van der Waals surface area (Å²) in [5, 5.41) is 2.48. The molecule has 0 saturated carbocycles. The minimum atomic E-state index is -3.81. The van der Waals surface area contributed by atoms with Crippen LogP contribution < -0.4 is 10.0 Å². The zero-order valence-electron chi connectivity index (χ0n) is 14.0. The quantitative estimate of drug-likeness (QED) is 0.805. The number of hydrogen-bond donors (Lipinski definition) is 2. The van der Waals surface area contributed by atoms with Gasteiger partial charge in [-0.1, -0.05) is 11.6 Å². The van der Waals surface area contributed by atoms with Crippen LogP contribution in [0.1, 0.15) is 22.2 Å². The molecule has 2 N–H and O–H groups in total. The van der Waals surface area contributed by atoms with Crippen molar-refractivity contribution < 1.29 is 17.6 Å². The first-order valence-corrected chi connectivity index (χ1v) is 10.4. The number of carbonyl (C=O) groups excluding carboxylic acids is 1. The van der Waals surface area contributed by atoms with Gasteiger partial charge >= 0.3 is 0 Å². The zero-order valence-corrected chi connectivity index (χ0v) is 16.4. The van der Waals surface area contributed by atoms with E-state index in [1.807, 2.05) is 19.1 Å². The highest BCUT2D eigenvalue weighted by molar-refractivity contribution is 7.87. The van der Waals surface area contributed by atoms with Crippen LogP contribution in [0.3, 0.4) is 0 Å². The van der Waals surface area contributed by atoms with Crippen molar-refractivity contribution in [2.75, 3.05) is 12.4 Å². The molecule has 1 aliphatic rings. The molecule has 1 fully saturated rings. The van der Waals surface area contributed by atoms with E-state index in [-0.39, 0.29) is 11.4 Å². The molecule has 0 radical (unpaired) electrons. The number of anilines is 1. The maximum absolute atomic E-state index is 13.3. The molecule has 10 heteroatoms. The number of nitrogens with zero attached hydrogens (tertiary/aromatic N) is 1. The van der Waals surface area contributed by atoms with E-state index in [4.69, 9.17) is 11.6 Å². The molecule has 0 bridgehead atoms. The third kappa shape index (κ3) is 3.91. The fourth-order valence-electron chi connectivity index (χ4n) is 2.74. The Kier molecular flexibility index (Phi) is 5.36. The van der Waals surface area contributed by atoms with Crippen LogP contribution in [0.2, 0.25) is 5.02 Å². The topological polar surface area (TPSA) is 78.5 Å². The molecule has 1 aliphatic heterocycles. The van der Waals surface area contributed by atoms with Gasteiger partial charge < -0.3 is 5.32 Å².